The molecule has 5 heterocycles. The fraction of sp³-hybridized carbons (Fsp3) is 0.300. The van der Waals surface area contributed by atoms with Crippen molar-refractivity contribution >= 4 is 161 Å². The molecule has 5 N–H and O–H groups in total. The molecule has 3 aromatic heterocycles. The molecule has 7 aromatic rings. The van der Waals surface area contributed by atoms with Gasteiger partial charge in [-0.15, -0.1) is 67.9 Å². The summed E-state index contributed by atoms with van der Waals surface area (Å²) >= 11 is 0. The summed E-state index contributed by atoms with van der Waals surface area (Å²) in [6.07, 6.45) is 13.3. The third-order valence-electron chi connectivity index (χ3n) is 17.0. The first-order valence-electron chi connectivity index (χ1n) is 33.0. The van der Waals surface area contributed by atoms with Gasteiger partial charge in [-0.1, -0.05) is 93.0 Å². The molecule has 0 fully saturated rings. The number of hydrogen-bond acceptors (Lipinski definition) is 10. The molecule has 0 spiro atoms. The van der Waals surface area contributed by atoms with E-state index in [1.165, 1.54) is 0 Å². The number of halogens is 4. The summed E-state index contributed by atoms with van der Waals surface area (Å²) in [5.41, 5.74) is 16.5. The maximum absolute atomic E-state index is 14.9. The average Bonchev–Trinajstić information content (AvgIpc) is 1.54. The van der Waals surface area contributed by atoms with E-state index in [1.807, 2.05) is 153 Å². The highest BCUT2D eigenvalue weighted by atomic mass is 79.9. The lowest BCUT2D eigenvalue weighted by Crippen LogP contribution is -2.17. The van der Waals surface area contributed by atoms with Crippen molar-refractivity contribution in [3.05, 3.63) is 197 Å². The van der Waals surface area contributed by atoms with Crippen LogP contribution in [0.25, 0.3) is 85.4 Å². The number of aromatic amines is 1. The monoisotopic (exact) mass is 1610 g/mol. The van der Waals surface area contributed by atoms with Gasteiger partial charge < -0.3 is 50.4 Å². The number of H-pyrrole nitrogens is 1. The fourth-order valence-electron chi connectivity index (χ4n) is 12.2. The molecule has 0 saturated heterocycles. The number of benzene rings is 4. The van der Waals surface area contributed by atoms with Crippen LogP contribution < -0.4 is 21.3 Å². The number of aromatic nitrogens is 4. The summed E-state index contributed by atoms with van der Waals surface area (Å²) in [7, 11) is 16.4. The number of rotatable bonds is 28. The second-order valence-electron chi connectivity index (χ2n) is 26.4. The van der Waals surface area contributed by atoms with Gasteiger partial charge in [0, 0.05) is 66.7 Å². The average molecular weight is 1610 g/mol. The number of aryl methyl sites for hydroxylation is 4. The first kappa shape index (κ1) is 82.7. The van der Waals surface area contributed by atoms with Crippen LogP contribution in [0.1, 0.15) is 98.4 Å². The Labute approximate surface area is 633 Å². The van der Waals surface area contributed by atoms with E-state index in [-0.39, 0.29) is 91.6 Å². The minimum absolute atomic E-state index is 0. The Bertz CT molecular complexity index is 4460. The van der Waals surface area contributed by atoms with Crippen LogP contribution in [-0.4, -0.2) is 145 Å². The van der Waals surface area contributed by atoms with Crippen LogP contribution in [-0.2, 0) is 44.9 Å². The maximum atomic E-state index is 14.9. The molecule has 4 aromatic carbocycles. The lowest BCUT2D eigenvalue weighted by Gasteiger charge is -2.23. The van der Waals surface area contributed by atoms with Crippen LogP contribution in [0.15, 0.2) is 152 Å². The number of para-hydroxylation sites is 4. The van der Waals surface area contributed by atoms with Crippen LogP contribution in [0.3, 0.4) is 0 Å². The maximum Gasteiger partial charge on any atom is 0.250 e. The number of hydrogen-bond donors (Lipinski definition) is 5. The second kappa shape index (κ2) is 37.7. The molecule has 100 heavy (non-hydrogen) atoms. The standard InChI is InChI=1S/C80H94N12O4.4BrH/c1-50(2)77(93)84-72-54(29-21-43-88(9)10)25-17-33-63(72)69-66-42-41-61(83-66)48-60-38-37-58(81-60)47-59-39-40-62(82-59)49-68-70(64-34-18-26-55(30-22-44-89(11)12)73(64)85-78(94)51(3)4)71(65-35-19-27-56(31-23-45-90(13)14)74(65)86-79(95)52(5)6)76(69)92(68)67-36-20-28-57(32-24-46-91(15)16)75(67)87-80(96)53(7)8;;;;/h17-20,25-28,33-42,47-49,81H,1,3,5,7,21-24,29-32,43-46H2,2,4,6,8-16H3,(H,84,93)(H,85,94)(H,86,95)(H,87,96);4*1H. The van der Waals surface area contributed by atoms with Gasteiger partial charge in [-0.3, -0.25) is 19.2 Å². The van der Waals surface area contributed by atoms with Crippen LogP contribution in [0.2, 0.25) is 0 Å². The highest BCUT2D eigenvalue weighted by Gasteiger charge is 2.33. The van der Waals surface area contributed by atoms with E-state index in [1.54, 1.807) is 27.7 Å². The van der Waals surface area contributed by atoms with Gasteiger partial charge in [0.1, 0.15) is 0 Å². The largest absolute Gasteiger partial charge is 0.355 e. The van der Waals surface area contributed by atoms with E-state index in [9.17, 15) is 19.2 Å². The van der Waals surface area contributed by atoms with Crippen LogP contribution in [0, 0.1) is 0 Å². The van der Waals surface area contributed by atoms with E-state index < -0.39 is 0 Å². The smallest absolute Gasteiger partial charge is 0.250 e. The number of amides is 4. The summed E-state index contributed by atoms with van der Waals surface area (Å²) < 4.78 is 2.21. The normalized spacial score (nSPS) is 11.4. The predicted octanol–water partition coefficient (Wildman–Crippen LogP) is 17.5. The van der Waals surface area contributed by atoms with E-state index in [0.717, 1.165) is 85.1 Å². The van der Waals surface area contributed by atoms with Crippen LogP contribution in [0.4, 0.5) is 22.7 Å². The molecule has 8 bridgehead atoms. The zero-order valence-electron chi connectivity index (χ0n) is 59.8. The molecule has 0 radical (unpaired) electrons. The molecule has 0 aliphatic carbocycles. The van der Waals surface area contributed by atoms with Crippen molar-refractivity contribution in [1.82, 2.24) is 39.1 Å². The number of fused-ring (bicyclic) bond motifs is 8. The molecule has 9 rings (SSSR count). The van der Waals surface area contributed by atoms with Gasteiger partial charge in [0.25, 0.3) is 23.6 Å². The van der Waals surface area contributed by atoms with Crippen molar-refractivity contribution in [2.45, 2.75) is 79.1 Å². The number of nitrogens with one attached hydrogen (secondary N) is 5. The van der Waals surface area contributed by atoms with Gasteiger partial charge in [0.15, 0.2) is 0 Å². The Morgan fingerprint density at radius 1 is 0.410 bits per heavy atom. The van der Waals surface area contributed by atoms with Gasteiger partial charge in [-0.2, -0.15) is 0 Å². The minimum Gasteiger partial charge on any atom is -0.355 e. The molecule has 530 valence electrons. The van der Waals surface area contributed by atoms with Gasteiger partial charge in [0.2, 0.25) is 0 Å². The molecule has 4 amide bonds. The van der Waals surface area contributed by atoms with Crippen molar-refractivity contribution in [3.63, 3.8) is 0 Å². The lowest BCUT2D eigenvalue weighted by molar-refractivity contribution is -0.113. The number of carbonyl (C=O) groups is 4. The zero-order chi connectivity index (χ0) is 69.1. The minimum atomic E-state index is -0.377. The molecule has 0 unspecified atom stereocenters. The van der Waals surface area contributed by atoms with E-state index in [4.69, 9.17) is 9.97 Å². The highest BCUT2D eigenvalue weighted by Crippen LogP contribution is 2.53. The molecule has 2 aliphatic rings. The van der Waals surface area contributed by atoms with E-state index in [2.05, 4.69) is 107 Å². The quantitative estimate of drug-likeness (QED) is 0.0297. The summed E-state index contributed by atoms with van der Waals surface area (Å²) in [5, 5.41) is 13.7. The Morgan fingerprint density at radius 2 is 0.740 bits per heavy atom. The van der Waals surface area contributed by atoms with E-state index in [0.29, 0.717) is 144 Å². The van der Waals surface area contributed by atoms with Gasteiger partial charge in [-0.05, 0) is 245 Å². The van der Waals surface area contributed by atoms with Gasteiger partial charge in [0.05, 0.1) is 62.2 Å². The molecule has 20 heteroatoms. The summed E-state index contributed by atoms with van der Waals surface area (Å²) in [6, 6.07) is 34.6. The molecule has 2 aliphatic heterocycles. The molecule has 0 atom stereocenters. The first-order valence-corrected chi connectivity index (χ1v) is 33.0. The molecule has 0 saturated carbocycles. The van der Waals surface area contributed by atoms with Crippen LogP contribution in [0.5, 0.6) is 0 Å². The highest BCUT2D eigenvalue weighted by molar-refractivity contribution is 8.93. The third kappa shape index (κ3) is 20.4. The SMILES string of the molecule is Br.Br.Br.Br.C=C(C)C(=O)Nc1c(CCCN(C)C)cccc1-c1c(-c2cccc(CCCN(C)C)c2NC(=O)C(=C)C)c2c(-c3cccc(CCCN(C)C)c3NC(=O)C(=C)C)c3nc(cc4ccc(cc5nc(cc1n2-c1cccc(CCCN(C)C)c1NC(=O)C(=C)C)C=C5)[nH]4)C=C3. The third-order valence-corrected chi connectivity index (χ3v) is 17.0. The number of nitrogens with zero attached hydrogens (tertiary/aromatic N) is 7. The Morgan fingerprint density at radius 3 is 1.13 bits per heavy atom. The lowest BCUT2D eigenvalue weighted by atomic mass is 9.88. The summed E-state index contributed by atoms with van der Waals surface area (Å²) in [4.78, 5) is 82.4. The summed E-state index contributed by atoms with van der Waals surface area (Å²) in [5.74, 6) is -1.49. The van der Waals surface area contributed by atoms with Crippen molar-refractivity contribution in [1.29, 1.82) is 0 Å². The van der Waals surface area contributed by atoms with Crippen molar-refractivity contribution in [2.24, 2.45) is 0 Å². The predicted molar refractivity (Wildman–Crippen MR) is 443 cm³/mol. The number of carbonyl (C=O) groups excluding carboxylic acids is 4. The zero-order valence-corrected chi connectivity index (χ0v) is 66.7. The summed E-state index contributed by atoms with van der Waals surface area (Å²) in [6.45, 7) is 26.5. The van der Waals surface area contributed by atoms with Crippen LogP contribution >= 0.6 is 67.9 Å². The second-order valence-corrected chi connectivity index (χ2v) is 26.4. The first-order chi connectivity index (χ1) is 45.9. The fourth-order valence-corrected chi connectivity index (χ4v) is 12.2. The molecule has 16 nitrogen and oxygen atoms in total. The molecular formula is C80H98Br4N12O4. The number of anilines is 4. The van der Waals surface area contributed by atoms with Crippen molar-refractivity contribution in [3.8, 4) is 39.1 Å². The topological polar surface area (TPSA) is 176 Å². The van der Waals surface area contributed by atoms with Crippen molar-refractivity contribution < 1.29 is 19.2 Å². The Kier molecular flexibility index (Phi) is 31.2. The molecular weight excluding hydrogens is 1510 g/mol. The van der Waals surface area contributed by atoms with Gasteiger partial charge in [-0.25, -0.2) is 9.97 Å². The van der Waals surface area contributed by atoms with E-state index >= 15 is 0 Å². The Balaban J connectivity index is 0.00000451. The van der Waals surface area contributed by atoms with Gasteiger partial charge >= 0.3 is 0 Å². The Hall–Kier alpha value is -7.92. The van der Waals surface area contributed by atoms with Crippen molar-refractivity contribution in [2.75, 3.05) is 104 Å².